The van der Waals surface area contributed by atoms with E-state index in [1.54, 1.807) is 13.8 Å². The van der Waals surface area contributed by atoms with E-state index < -0.39 is 12.0 Å². The van der Waals surface area contributed by atoms with Crippen molar-refractivity contribution >= 4 is 50.5 Å². The van der Waals surface area contributed by atoms with Crippen LogP contribution in [0.3, 0.4) is 0 Å². The first kappa shape index (κ1) is 19.7. The fourth-order valence-corrected chi connectivity index (χ4v) is 3.81. The van der Waals surface area contributed by atoms with Gasteiger partial charge in [0.2, 0.25) is 5.91 Å². The van der Waals surface area contributed by atoms with Crippen LogP contribution in [0.25, 0.3) is 10.9 Å². The number of nitrogens with one attached hydrogen (secondary N) is 1. The van der Waals surface area contributed by atoms with Crippen molar-refractivity contribution in [2.24, 2.45) is 0 Å². The molecule has 2 rings (SSSR count). The van der Waals surface area contributed by atoms with Crippen molar-refractivity contribution in [3.8, 4) is 0 Å². The van der Waals surface area contributed by atoms with E-state index in [9.17, 15) is 9.59 Å². The number of esters is 1. The maximum Gasteiger partial charge on any atom is 0.329 e. The number of rotatable bonds is 6. The highest BCUT2D eigenvalue weighted by atomic mass is 79.9. The number of aromatic nitrogens is 1. The fraction of sp³-hybridized carbons (Fsp3) is 0.389. The van der Waals surface area contributed by atoms with Crippen LogP contribution < -0.4 is 5.32 Å². The number of amides is 1. The number of ether oxygens (including phenoxy) is 1. The maximum atomic E-state index is 12.2. The van der Waals surface area contributed by atoms with Crippen LogP contribution in [0.1, 0.15) is 26.5 Å². The van der Waals surface area contributed by atoms with Crippen molar-refractivity contribution in [1.82, 2.24) is 10.3 Å². The lowest BCUT2D eigenvalue weighted by Gasteiger charge is -2.18. The van der Waals surface area contributed by atoms with Crippen LogP contribution in [0.5, 0.6) is 0 Å². The number of fused-ring (bicyclic) bond motifs is 1. The van der Waals surface area contributed by atoms with Gasteiger partial charge >= 0.3 is 5.97 Å². The first-order chi connectivity index (χ1) is 11.8. The molecule has 25 heavy (non-hydrogen) atoms. The van der Waals surface area contributed by atoms with Crippen LogP contribution in [0.15, 0.2) is 33.6 Å². The zero-order valence-electron chi connectivity index (χ0n) is 14.6. The number of aryl methyl sites for hydroxylation is 1. The highest BCUT2D eigenvalue weighted by Gasteiger charge is 2.22. The number of thioether (sulfide) groups is 1. The van der Waals surface area contributed by atoms with Crippen LogP contribution in [0, 0.1) is 6.92 Å². The minimum absolute atomic E-state index is 0.228. The van der Waals surface area contributed by atoms with Gasteiger partial charge in [-0.05, 0) is 45.0 Å². The van der Waals surface area contributed by atoms with E-state index in [1.807, 2.05) is 31.2 Å². The van der Waals surface area contributed by atoms with Crippen LogP contribution in [0.2, 0.25) is 0 Å². The lowest BCUT2D eigenvalue weighted by Crippen LogP contribution is -2.43. The molecule has 0 radical (unpaired) electrons. The zero-order valence-corrected chi connectivity index (χ0v) is 17.0. The molecule has 5 nitrogen and oxygen atoms in total. The topological polar surface area (TPSA) is 68.3 Å². The summed E-state index contributed by atoms with van der Waals surface area (Å²) in [4.78, 5) is 29.2. The molecule has 0 saturated carbocycles. The summed E-state index contributed by atoms with van der Waals surface area (Å²) in [6, 6.07) is 7.20. The van der Waals surface area contributed by atoms with Gasteiger partial charge in [0.05, 0.1) is 11.6 Å². The first-order valence-corrected chi connectivity index (χ1v) is 9.71. The van der Waals surface area contributed by atoms with Gasteiger partial charge in [-0.3, -0.25) is 9.78 Å². The SMILES string of the molecule is CC(=O)NC(CSc1cc(C)nc2ccc(Br)cc12)C(=O)OC(C)C. The Balaban J connectivity index is 2.24. The van der Waals surface area contributed by atoms with Crippen LogP contribution >= 0.6 is 27.7 Å². The highest BCUT2D eigenvalue weighted by Crippen LogP contribution is 2.30. The third kappa shape index (κ3) is 5.71. The van der Waals surface area contributed by atoms with E-state index in [4.69, 9.17) is 4.74 Å². The van der Waals surface area contributed by atoms with Crippen molar-refractivity contribution in [1.29, 1.82) is 0 Å². The number of benzene rings is 1. The van der Waals surface area contributed by atoms with Gasteiger partial charge in [0.15, 0.2) is 0 Å². The van der Waals surface area contributed by atoms with Crippen molar-refractivity contribution in [2.75, 3.05) is 5.75 Å². The van der Waals surface area contributed by atoms with E-state index in [1.165, 1.54) is 18.7 Å². The number of halogens is 1. The molecule has 0 aliphatic carbocycles. The molecular weight excluding hydrogens is 404 g/mol. The molecule has 0 saturated heterocycles. The van der Waals surface area contributed by atoms with Crippen molar-refractivity contribution < 1.29 is 14.3 Å². The Bertz CT molecular complexity index is 795. The minimum atomic E-state index is -0.694. The maximum absolute atomic E-state index is 12.2. The number of hydrogen-bond acceptors (Lipinski definition) is 5. The molecule has 1 atom stereocenters. The normalized spacial score (nSPS) is 12.2. The van der Waals surface area contributed by atoms with E-state index in [0.717, 1.165) is 26.0 Å². The molecule has 0 aliphatic heterocycles. The summed E-state index contributed by atoms with van der Waals surface area (Å²) < 4.78 is 6.21. The summed E-state index contributed by atoms with van der Waals surface area (Å²) in [6.07, 6.45) is -0.228. The summed E-state index contributed by atoms with van der Waals surface area (Å²) in [7, 11) is 0. The monoisotopic (exact) mass is 424 g/mol. The molecule has 134 valence electrons. The Morgan fingerprint density at radius 2 is 2.04 bits per heavy atom. The largest absolute Gasteiger partial charge is 0.461 e. The number of carbonyl (C=O) groups excluding carboxylic acids is 2. The Morgan fingerprint density at radius 1 is 1.32 bits per heavy atom. The Hall–Kier alpha value is -1.60. The molecular formula is C18H21BrN2O3S. The van der Waals surface area contributed by atoms with Gasteiger partial charge in [-0.25, -0.2) is 4.79 Å². The summed E-state index contributed by atoms with van der Waals surface area (Å²) in [5, 5.41) is 3.67. The van der Waals surface area contributed by atoms with Gasteiger partial charge in [0, 0.05) is 33.1 Å². The second kappa shape index (κ2) is 8.67. The molecule has 0 spiro atoms. The lowest BCUT2D eigenvalue weighted by atomic mass is 10.2. The summed E-state index contributed by atoms with van der Waals surface area (Å²) >= 11 is 4.98. The van der Waals surface area contributed by atoms with E-state index in [-0.39, 0.29) is 12.0 Å². The molecule has 0 bridgehead atoms. The van der Waals surface area contributed by atoms with Crippen LogP contribution in [0.4, 0.5) is 0 Å². The molecule has 1 aromatic heterocycles. The summed E-state index contributed by atoms with van der Waals surface area (Å²) in [6.45, 7) is 6.90. The predicted molar refractivity (Wildman–Crippen MR) is 104 cm³/mol. The molecule has 1 unspecified atom stereocenters. The highest BCUT2D eigenvalue weighted by molar-refractivity contribution is 9.10. The van der Waals surface area contributed by atoms with Gasteiger partial charge in [0.1, 0.15) is 6.04 Å². The second-order valence-electron chi connectivity index (χ2n) is 5.97. The molecule has 1 aromatic carbocycles. The molecule has 7 heteroatoms. The van der Waals surface area contributed by atoms with Crippen molar-refractivity contribution in [3.05, 3.63) is 34.4 Å². The van der Waals surface area contributed by atoms with Gasteiger partial charge < -0.3 is 10.1 Å². The smallest absolute Gasteiger partial charge is 0.329 e. The van der Waals surface area contributed by atoms with Gasteiger partial charge in [-0.15, -0.1) is 11.8 Å². The molecule has 0 aliphatic rings. The van der Waals surface area contributed by atoms with Crippen molar-refractivity contribution in [2.45, 2.75) is 44.7 Å². The third-order valence-electron chi connectivity index (χ3n) is 3.28. The standard InChI is InChI=1S/C18H21BrN2O3S/c1-10(2)24-18(23)16(21-12(4)22)9-25-17-7-11(3)20-15-6-5-13(19)8-14(15)17/h5-8,10,16H,9H2,1-4H3,(H,21,22). The first-order valence-electron chi connectivity index (χ1n) is 7.93. The summed E-state index contributed by atoms with van der Waals surface area (Å²) in [5.74, 6) is -0.297. The minimum Gasteiger partial charge on any atom is -0.461 e. The van der Waals surface area contributed by atoms with Gasteiger partial charge in [0.25, 0.3) is 0 Å². The molecule has 1 N–H and O–H groups in total. The lowest BCUT2D eigenvalue weighted by molar-refractivity contribution is -0.150. The molecule has 1 amide bonds. The average Bonchev–Trinajstić information content (AvgIpc) is 2.50. The van der Waals surface area contributed by atoms with Gasteiger partial charge in [-0.1, -0.05) is 15.9 Å². The third-order valence-corrected chi connectivity index (χ3v) is 4.92. The number of hydrogen-bond donors (Lipinski definition) is 1. The second-order valence-corrected chi connectivity index (χ2v) is 7.95. The molecule has 1 heterocycles. The van der Waals surface area contributed by atoms with E-state index in [0.29, 0.717) is 5.75 Å². The van der Waals surface area contributed by atoms with E-state index >= 15 is 0 Å². The summed E-state index contributed by atoms with van der Waals surface area (Å²) in [5.41, 5.74) is 1.80. The predicted octanol–water partition coefficient (Wildman–Crippen LogP) is 3.85. The Labute approximate surface area is 160 Å². The fourth-order valence-electron chi connectivity index (χ4n) is 2.31. The molecule has 2 aromatic rings. The Morgan fingerprint density at radius 3 is 2.68 bits per heavy atom. The molecule has 0 fully saturated rings. The average molecular weight is 425 g/mol. The van der Waals surface area contributed by atoms with Gasteiger partial charge in [-0.2, -0.15) is 0 Å². The number of nitrogens with zero attached hydrogens (tertiary/aromatic N) is 1. The van der Waals surface area contributed by atoms with E-state index in [2.05, 4.69) is 26.2 Å². The quantitative estimate of drug-likeness (QED) is 0.563. The zero-order chi connectivity index (χ0) is 18.6. The van der Waals surface area contributed by atoms with Crippen molar-refractivity contribution in [3.63, 3.8) is 0 Å². The van der Waals surface area contributed by atoms with Crippen LogP contribution in [-0.2, 0) is 14.3 Å². The number of carbonyl (C=O) groups is 2. The van der Waals surface area contributed by atoms with Crippen LogP contribution in [-0.4, -0.2) is 34.8 Å². The Kier molecular flexibility index (Phi) is 6.84. The number of pyridine rings is 1.